The molecule has 0 spiro atoms. The molecule has 1 unspecified atom stereocenters. The van der Waals surface area contributed by atoms with Crippen molar-refractivity contribution >= 4 is 11.0 Å². The molecule has 26 heavy (non-hydrogen) atoms. The second-order valence-electron chi connectivity index (χ2n) is 7.02. The van der Waals surface area contributed by atoms with Crippen LogP contribution in [0.25, 0.3) is 11.0 Å². The van der Waals surface area contributed by atoms with E-state index in [1.807, 2.05) is 25.1 Å². The summed E-state index contributed by atoms with van der Waals surface area (Å²) in [5, 5.41) is 1.01. The number of hydrogen-bond acceptors (Lipinski definition) is 4. The van der Waals surface area contributed by atoms with Crippen molar-refractivity contribution in [1.29, 1.82) is 0 Å². The molecular formula is C21H22NO4+. The Hall–Kier alpha value is -2.79. The van der Waals surface area contributed by atoms with Gasteiger partial charge >= 0.3 is 5.63 Å². The molecule has 2 heterocycles. The Morgan fingerprint density at radius 1 is 0.962 bits per heavy atom. The molecule has 0 aliphatic carbocycles. The van der Waals surface area contributed by atoms with Crippen LogP contribution in [0, 0.1) is 13.8 Å². The van der Waals surface area contributed by atoms with Gasteiger partial charge in [0.05, 0.1) is 7.05 Å². The zero-order valence-corrected chi connectivity index (χ0v) is 15.2. The number of quaternary nitrogens is 1. The molecule has 5 heteroatoms. The Labute approximate surface area is 151 Å². The molecule has 2 aromatic carbocycles. The Morgan fingerprint density at radius 3 is 2.58 bits per heavy atom. The fourth-order valence-corrected chi connectivity index (χ4v) is 3.42. The van der Waals surface area contributed by atoms with Crippen molar-refractivity contribution in [3.8, 4) is 11.5 Å². The van der Waals surface area contributed by atoms with Gasteiger partial charge in [0.1, 0.15) is 18.7 Å². The molecule has 0 fully saturated rings. The summed E-state index contributed by atoms with van der Waals surface area (Å²) in [6.45, 7) is 5.94. The van der Waals surface area contributed by atoms with E-state index in [9.17, 15) is 4.79 Å². The second kappa shape index (κ2) is 6.50. The van der Waals surface area contributed by atoms with Crippen LogP contribution in [0.4, 0.5) is 0 Å². The first-order chi connectivity index (χ1) is 12.5. The molecule has 0 radical (unpaired) electrons. The third-order valence-electron chi connectivity index (χ3n) is 4.88. The summed E-state index contributed by atoms with van der Waals surface area (Å²) in [6, 6.07) is 11.7. The van der Waals surface area contributed by atoms with E-state index in [4.69, 9.17) is 13.9 Å². The van der Waals surface area contributed by atoms with Crippen molar-refractivity contribution in [3.63, 3.8) is 0 Å². The molecule has 1 aromatic heterocycles. The van der Waals surface area contributed by atoms with Crippen molar-refractivity contribution in [3.05, 3.63) is 69.1 Å². The van der Waals surface area contributed by atoms with E-state index < -0.39 is 0 Å². The average molecular weight is 352 g/mol. The number of rotatable bonds is 4. The van der Waals surface area contributed by atoms with Gasteiger partial charge in [-0.3, -0.25) is 0 Å². The zero-order chi connectivity index (χ0) is 18.3. The average Bonchev–Trinajstić information content (AvgIpc) is 3.04. The molecule has 0 bridgehead atoms. The van der Waals surface area contributed by atoms with Crippen molar-refractivity contribution in [2.45, 2.75) is 26.9 Å². The molecule has 0 saturated carbocycles. The standard InChI is InChI=1S/C21H21NO4/c1-13-6-17-16(9-21(23)26-19(17)7-14(13)2)11-22(3)10-15-4-5-18-20(8-15)25-12-24-18/h4-9H,10-12H2,1-3H3/p+1. The van der Waals surface area contributed by atoms with Gasteiger partial charge in [0.15, 0.2) is 11.5 Å². The van der Waals surface area contributed by atoms with Gasteiger partial charge in [-0.15, -0.1) is 0 Å². The minimum atomic E-state index is -0.299. The Balaban J connectivity index is 1.60. The fourth-order valence-electron chi connectivity index (χ4n) is 3.42. The fraction of sp³-hybridized carbons (Fsp3) is 0.286. The highest BCUT2D eigenvalue weighted by Crippen LogP contribution is 2.32. The lowest BCUT2D eigenvalue weighted by Crippen LogP contribution is -3.06. The normalized spacial score (nSPS) is 14.0. The maximum atomic E-state index is 12.0. The first-order valence-electron chi connectivity index (χ1n) is 8.73. The Kier molecular flexibility index (Phi) is 4.17. The van der Waals surface area contributed by atoms with Gasteiger partial charge in [0.2, 0.25) is 6.79 Å². The molecule has 4 rings (SSSR count). The highest BCUT2D eigenvalue weighted by Gasteiger charge is 2.16. The van der Waals surface area contributed by atoms with Crippen molar-refractivity contribution in [2.24, 2.45) is 0 Å². The maximum absolute atomic E-state index is 12.0. The number of nitrogens with one attached hydrogen (secondary N) is 1. The monoisotopic (exact) mass is 352 g/mol. The largest absolute Gasteiger partial charge is 0.454 e. The number of ether oxygens (including phenoxy) is 2. The van der Waals surface area contributed by atoms with Crippen molar-refractivity contribution in [2.75, 3.05) is 13.8 Å². The van der Waals surface area contributed by atoms with Gasteiger partial charge < -0.3 is 18.8 Å². The van der Waals surface area contributed by atoms with Crippen LogP contribution in [0.5, 0.6) is 11.5 Å². The van der Waals surface area contributed by atoms with E-state index in [1.165, 1.54) is 16.0 Å². The van der Waals surface area contributed by atoms with Crippen molar-refractivity contribution < 1.29 is 18.8 Å². The highest BCUT2D eigenvalue weighted by molar-refractivity contribution is 5.81. The summed E-state index contributed by atoms with van der Waals surface area (Å²) in [6.07, 6.45) is 0. The van der Waals surface area contributed by atoms with Gasteiger partial charge in [0.25, 0.3) is 0 Å². The van der Waals surface area contributed by atoms with Gasteiger partial charge in [-0.25, -0.2) is 4.79 Å². The Bertz CT molecular complexity index is 1040. The minimum absolute atomic E-state index is 0.284. The van der Waals surface area contributed by atoms with Crippen molar-refractivity contribution in [1.82, 2.24) is 0 Å². The zero-order valence-electron chi connectivity index (χ0n) is 15.2. The van der Waals surface area contributed by atoms with E-state index in [0.717, 1.165) is 41.1 Å². The first-order valence-corrected chi connectivity index (χ1v) is 8.73. The third kappa shape index (κ3) is 3.18. The van der Waals surface area contributed by atoms with E-state index >= 15 is 0 Å². The Morgan fingerprint density at radius 2 is 1.73 bits per heavy atom. The molecule has 3 aromatic rings. The third-order valence-corrected chi connectivity index (χ3v) is 4.88. The smallest absolute Gasteiger partial charge is 0.336 e. The van der Waals surface area contributed by atoms with Crippen LogP contribution in [0.1, 0.15) is 22.3 Å². The van der Waals surface area contributed by atoms with E-state index in [2.05, 4.69) is 26.1 Å². The van der Waals surface area contributed by atoms with E-state index in [1.54, 1.807) is 6.07 Å². The van der Waals surface area contributed by atoms with Crippen LogP contribution in [-0.4, -0.2) is 13.8 Å². The van der Waals surface area contributed by atoms with Crippen LogP contribution >= 0.6 is 0 Å². The quantitative estimate of drug-likeness (QED) is 0.733. The lowest BCUT2D eigenvalue weighted by Gasteiger charge is -2.16. The van der Waals surface area contributed by atoms with Crippen LogP contribution < -0.4 is 20.0 Å². The summed E-state index contributed by atoms with van der Waals surface area (Å²) in [5.41, 5.74) is 4.86. The van der Waals surface area contributed by atoms with Gasteiger partial charge in [-0.2, -0.15) is 0 Å². The highest BCUT2D eigenvalue weighted by atomic mass is 16.7. The molecule has 1 N–H and O–H groups in total. The van der Waals surface area contributed by atoms with Crippen LogP contribution in [0.3, 0.4) is 0 Å². The minimum Gasteiger partial charge on any atom is -0.454 e. The molecule has 5 nitrogen and oxygen atoms in total. The summed E-state index contributed by atoms with van der Waals surface area (Å²) in [4.78, 5) is 13.2. The second-order valence-corrected chi connectivity index (χ2v) is 7.02. The summed E-state index contributed by atoms with van der Waals surface area (Å²) in [5.74, 6) is 1.59. The number of aryl methyl sites for hydroxylation is 2. The summed E-state index contributed by atoms with van der Waals surface area (Å²) in [7, 11) is 2.12. The summed E-state index contributed by atoms with van der Waals surface area (Å²) < 4.78 is 16.2. The number of fused-ring (bicyclic) bond motifs is 2. The van der Waals surface area contributed by atoms with E-state index in [0.29, 0.717) is 5.58 Å². The molecule has 134 valence electrons. The van der Waals surface area contributed by atoms with Gasteiger partial charge in [0, 0.05) is 22.6 Å². The topological polar surface area (TPSA) is 53.1 Å². The van der Waals surface area contributed by atoms with Crippen LogP contribution in [-0.2, 0) is 13.1 Å². The van der Waals surface area contributed by atoms with Gasteiger partial charge in [-0.1, -0.05) is 0 Å². The predicted molar refractivity (Wildman–Crippen MR) is 98.8 cm³/mol. The SMILES string of the molecule is Cc1cc2oc(=O)cc(C[NH+](C)Cc3ccc4c(c3)OCO4)c2cc1C. The number of hydrogen-bond donors (Lipinski definition) is 1. The molecule has 1 aliphatic rings. The number of benzene rings is 2. The lowest BCUT2D eigenvalue weighted by atomic mass is 10.0. The molecule has 1 aliphatic heterocycles. The van der Waals surface area contributed by atoms with Crippen LogP contribution in [0.15, 0.2) is 45.6 Å². The lowest BCUT2D eigenvalue weighted by molar-refractivity contribution is -0.907. The van der Waals surface area contributed by atoms with E-state index in [-0.39, 0.29) is 12.4 Å². The first kappa shape index (κ1) is 16.7. The molecular weight excluding hydrogens is 330 g/mol. The summed E-state index contributed by atoms with van der Waals surface area (Å²) >= 11 is 0. The molecule has 0 saturated heterocycles. The maximum Gasteiger partial charge on any atom is 0.336 e. The van der Waals surface area contributed by atoms with Crippen LogP contribution in [0.2, 0.25) is 0 Å². The van der Waals surface area contributed by atoms with Gasteiger partial charge in [-0.05, 0) is 55.3 Å². The predicted octanol–water partition coefficient (Wildman–Crippen LogP) is 2.35. The molecule has 0 amide bonds. The molecule has 1 atom stereocenters.